The van der Waals surface area contributed by atoms with Gasteiger partial charge < -0.3 is 10.1 Å². The summed E-state index contributed by atoms with van der Waals surface area (Å²) in [5, 5.41) is 3.28. The maximum Gasteiger partial charge on any atom is 0.129 e. The molecule has 0 atom stereocenters. The van der Waals surface area contributed by atoms with Gasteiger partial charge in [-0.1, -0.05) is 6.07 Å². The zero-order chi connectivity index (χ0) is 13.0. The van der Waals surface area contributed by atoms with Gasteiger partial charge in [-0.3, -0.25) is 0 Å². The molecule has 0 aromatic heterocycles. The molecule has 0 aliphatic heterocycles. The number of hydrogen-bond acceptors (Lipinski definition) is 2. The van der Waals surface area contributed by atoms with E-state index in [4.69, 9.17) is 4.74 Å². The van der Waals surface area contributed by atoms with Crippen molar-refractivity contribution in [1.29, 1.82) is 0 Å². The third-order valence-corrected chi connectivity index (χ3v) is 3.55. The number of halogens is 2. The van der Waals surface area contributed by atoms with Crippen LogP contribution in [0.3, 0.4) is 0 Å². The molecule has 1 aliphatic carbocycles. The molecule has 4 heteroatoms. The van der Waals surface area contributed by atoms with Crippen LogP contribution < -0.4 is 5.32 Å². The highest BCUT2D eigenvalue weighted by Crippen LogP contribution is 2.48. The summed E-state index contributed by atoms with van der Waals surface area (Å²) < 4.78 is 32.1. The van der Waals surface area contributed by atoms with E-state index in [1.165, 1.54) is 18.2 Å². The molecule has 1 aromatic rings. The van der Waals surface area contributed by atoms with Crippen molar-refractivity contribution in [3.8, 4) is 0 Å². The summed E-state index contributed by atoms with van der Waals surface area (Å²) in [6.45, 7) is 2.23. The molecule has 0 spiro atoms. The predicted molar refractivity (Wildman–Crippen MR) is 66.5 cm³/mol. The van der Waals surface area contributed by atoms with Crippen LogP contribution >= 0.6 is 0 Å². The molecule has 1 saturated carbocycles. The highest BCUT2D eigenvalue weighted by Gasteiger charge is 2.43. The predicted octanol–water partition coefficient (Wildman–Crippen LogP) is 2.52. The van der Waals surface area contributed by atoms with Crippen molar-refractivity contribution in [3.05, 3.63) is 35.4 Å². The van der Waals surface area contributed by atoms with Gasteiger partial charge in [-0.2, -0.15) is 0 Å². The van der Waals surface area contributed by atoms with Crippen molar-refractivity contribution in [2.24, 2.45) is 5.41 Å². The second-order valence-corrected chi connectivity index (χ2v) is 5.05. The Morgan fingerprint density at radius 2 is 1.94 bits per heavy atom. The third kappa shape index (κ3) is 3.27. The topological polar surface area (TPSA) is 21.3 Å². The fraction of sp³-hybridized carbons (Fsp3) is 0.571. The van der Waals surface area contributed by atoms with E-state index in [1.807, 2.05) is 0 Å². The van der Waals surface area contributed by atoms with Crippen LogP contribution in [0.1, 0.15) is 18.4 Å². The van der Waals surface area contributed by atoms with E-state index >= 15 is 0 Å². The SMILES string of the molecule is COCCNCC1(Cc2c(F)cccc2F)CC1. The Hall–Kier alpha value is -1.00. The maximum atomic E-state index is 13.6. The summed E-state index contributed by atoms with van der Waals surface area (Å²) in [6.07, 6.45) is 2.53. The van der Waals surface area contributed by atoms with Gasteiger partial charge in [-0.15, -0.1) is 0 Å². The van der Waals surface area contributed by atoms with Gasteiger partial charge in [0.05, 0.1) is 6.61 Å². The normalized spacial score (nSPS) is 16.8. The van der Waals surface area contributed by atoms with E-state index in [9.17, 15) is 8.78 Å². The first-order chi connectivity index (χ1) is 8.67. The molecule has 1 aliphatic rings. The van der Waals surface area contributed by atoms with Gasteiger partial charge in [0.1, 0.15) is 11.6 Å². The Bertz CT molecular complexity index is 385. The molecule has 1 fully saturated rings. The van der Waals surface area contributed by atoms with Crippen LogP contribution in [0.25, 0.3) is 0 Å². The number of methoxy groups -OCH3 is 1. The van der Waals surface area contributed by atoms with Crippen LogP contribution in [0.5, 0.6) is 0 Å². The first kappa shape index (κ1) is 13.4. The molecule has 0 saturated heterocycles. The van der Waals surface area contributed by atoms with Crippen molar-refractivity contribution in [1.82, 2.24) is 5.32 Å². The zero-order valence-electron chi connectivity index (χ0n) is 10.6. The smallest absolute Gasteiger partial charge is 0.129 e. The molecule has 1 N–H and O–H groups in total. The highest BCUT2D eigenvalue weighted by atomic mass is 19.1. The lowest BCUT2D eigenvalue weighted by Crippen LogP contribution is -2.28. The summed E-state index contributed by atoms with van der Waals surface area (Å²) >= 11 is 0. The number of rotatable bonds is 7. The monoisotopic (exact) mass is 255 g/mol. The molecular formula is C14H19F2NO. The standard InChI is InChI=1S/C14H19F2NO/c1-18-8-7-17-10-14(5-6-14)9-11-12(15)3-2-4-13(11)16/h2-4,17H,5-10H2,1H3. The van der Waals surface area contributed by atoms with Crippen LogP contribution in [-0.4, -0.2) is 26.8 Å². The molecule has 0 bridgehead atoms. The first-order valence-corrected chi connectivity index (χ1v) is 6.29. The lowest BCUT2D eigenvalue weighted by Gasteiger charge is -2.17. The summed E-state index contributed by atoms with van der Waals surface area (Å²) in [4.78, 5) is 0. The largest absolute Gasteiger partial charge is 0.383 e. The van der Waals surface area contributed by atoms with Crippen LogP contribution in [0, 0.1) is 17.0 Å². The van der Waals surface area contributed by atoms with Crippen molar-refractivity contribution in [3.63, 3.8) is 0 Å². The highest BCUT2D eigenvalue weighted by molar-refractivity contribution is 5.23. The molecule has 1 aromatic carbocycles. The van der Waals surface area contributed by atoms with Crippen molar-refractivity contribution >= 4 is 0 Å². The molecule has 0 radical (unpaired) electrons. The van der Waals surface area contributed by atoms with E-state index in [0.717, 1.165) is 25.9 Å². The van der Waals surface area contributed by atoms with E-state index in [2.05, 4.69) is 5.32 Å². The molecule has 2 nitrogen and oxygen atoms in total. The van der Waals surface area contributed by atoms with Crippen molar-refractivity contribution < 1.29 is 13.5 Å². The second kappa shape index (κ2) is 5.76. The molecule has 100 valence electrons. The minimum atomic E-state index is -0.432. The van der Waals surface area contributed by atoms with Gasteiger partial charge in [-0.25, -0.2) is 8.78 Å². The number of ether oxygens (including phenoxy) is 1. The van der Waals surface area contributed by atoms with Crippen molar-refractivity contribution in [2.45, 2.75) is 19.3 Å². The third-order valence-electron chi connectivity index (χ3n) is 3.55. The Morgan fingerprint density at radius 1 is 1.28 bits per heavy atom. The van der Waals surface area contributed by atoms with Crippen LogP contribution in [0.2, 0.25) is 0 Å². The van der Waals surface area contributed by atoms with Gasteiger partial charge in [0.25, 0.3) is 0 Å². The molecule has 0 amide bonds. The number of benzene rings is 1. The van der Waals surface area contributed by atoms with Crippen molar-refractivity contribution in [2.75, 3.05) is 26.8 Å². The van der Waals surface area contributed by atoms with Crippen LogP contribution in [-0.2, 0) is 11.2 Å². The second-order valence-electron chi connectivity index (χ2n) is 5.05. The molecule has 2 rings (SSSR count). The van der Waals surface area contributed by atoms with Crippen LogP contribution in [0.15, 0.2) is 18.2 Å². The van der Waals surface area contributed by atoms with Gasteiger partial charge in [0.2, 0.25) is 0 Å². The Labute approximate surface area is 106 Å². The van der Waals surface area contributed by atoms with Gasteiger partial charge >= 0.3 is 0 Å². The number of nitrogens with one attached hydrogen (secondary N) is 1. The average molecular weight is 255 g/mol. The van der Waals surface area contributed by atoms with E-state index in [0.29, 0.717) is 13.0 Å². The van der Waals surface area contributed by atoms with Gasteiger partial charge in [0.15, 0.2) is 0 Å². The quantitative estimate of drug-likeness (QED) is 0.756. The van der Waals surface area contributed by atoms with E-state index in [-0.39, 0.29) is 11.0 Å². The lowest BCUT2D eigenvalue weighted by molar-refractivity contribution is 0.197. The summed E-state index contributed by atoms with van der Waals surface area (Å²) in [5.74, 6) is -0.865. The fourth-order valence-corrected chi connectivity index (χ4v) is 2.20. The Balaban J connectivity index is 1.92. The lowest BCUT2D eigenvalue weighted by atomic mass is 9.95. The van der Waals surface area contributed by atoms with E-state index < -0.39 is 11.6 Å². The Morgan fingerprint density at radius 3 is 2.50 bits per heavy atom. The zero-order valence-corrected chi connectivity index (χ0v) is 10.6. The van der Waals surface area contributed by atoms with Gasteiger partial charge in [-0.05, 0) is 36.8 Å². The first-order valence-electron chi connectivity index (χ1n) is 6.29. The number of hydrogen-bond donors (Lipinski definition) is 1. The Kier molecular flexibility index (Phi) is 4.30. The summed E-state index contributed by atoms with van der Waals surface area (Å²) in [7, 11) is 1.66. The van der Waals surface area contributed by atoms with Crippen LogP contribution in [0.4, 0.5) is 8.78 Å². The summed E-state index contributed by atoms with van der Waals surface area (Å²) in [5.41, 5.74) is 0.264. The maximum absolute atomic E-state index is 13.6. The molecule has 18 heavy (non-hydrogen) atoms. The van der Waals surface area contributed by atoms with E-state index in [1.54, 1.807) is 7.11 Å². The molecule has 0 unspecified atom stereocenters. The van der Waals surface area contributed by atoms with Gasteiger partial charge in [0, 0.05) is 25.8 Å². The minimum Gasteiger partial charge on any atom is -0.383 e. The minimum absolute atomic E-state index is 0.0385. The molecular weight excluding hydrogens is 236 g/mol. The average Bonchev–Trinajstić information content (AvgIpc) is 3.11. The molecule has 0 heterocycles. The fourth-order valence-electron chi connectivity index (χ4n) is 2.20. The summed E-state index contributed by atoms with van der Waals surface area (Å²) in [6, 6.07) is 4.06.